The van der Waals surface area contributed by atoms with E-state index in [1.165, 1.54) is 0 Å². The molecule has 1 saturated carbocycles. The second-order valence-electron chi connectivity index (χ2n) is 9.08. The summed E-state index contributed by atoms with van der Waals surface area (Å²) in [6, 6.07) is 12.0. The van der Waals surface area contributed by atoms with Crippen LogP contribution in [0.25, 0.3) is 0 Å². The van der Waals surface area contributed by atoms with Crippen molar-refractivity contribution in [2.45, 2.75) is 51.1 Å². The quantitative estimate of drug-likeness (QED) is 0.425. The van der Waals surface area contributed by atoms with Gasteiger partial charge in [-0.2, -0.15) is 0 Å². The molecular formula is C27H34Cl2N2O4. The summed E-state index contributed by atoms with van der Waals surface area (Å²) in [5.41, 5.74) is 1.65. The van der Waals surface area contributed by atoms with E-state index in [1.807, 2.05) is 18.2 Å². The summed E-state index contributed by atoms with van der Waals surface area (Å²) in [7, 11) is 3.17. The normalized spacial score (nSPS) is 18.4. The molecule has 190 valence electrons. The van der Waals surface area contributed by atoms with E-state index >= 15 is 0 Å². The lowest BCUT2D eigenvalue weighted by molar-refractivity contribution is -0.139. The molecule has 0 unspecified atom stereocenters. The smallest absolute Gasteiger partial charge is 0.247 e. The van der Waals surface area contributed by atoms with Crippen molar-refractivity contribution in [2.24, 2.45) is 5.92 Å². The van der Waals surface area contributed by atoms with E-state index in [-0.39, 0.29) is 23.7 Å². The van der Waals surface area contributed by atoms with Crippen LogP contribution in [0, 0.1) is 5.92 Å². The van der Waals surface area contributed by atoms with E-state index < -0.39 is 6.04 Å². The van der Waals surface area contributed by atoms with Gasteiger partial charge in [-0.15, -0.1) is 11.6 Å². The average molecular weight is 521 g/mol. The fourth-order valence-corrected chi connectivity index (χ4v) is 4.84. The summed E-state index contributed by atoms with van der Waals surface area (Å²) in [5.74, 6) is 1.19. The Morgan fingerprint density at radius 1 is 1.03 bits per heavy atom. The SMILES string of the molecule is COc1ccc(CCN(C(=O)CCl)[C@@H](C(=O)NC2CCC(C)CC2)c2ccc(Cl)cc2)cc1OC. The molecule has 3 rings (SSSR count). The van der Waals surface area contributed by atoms with Gasteiger partial charge in [0.25, 0.3) is 0 Å². The van der Waals surface area contributed by atoms with Crippen LogP contribution in [0.2, 0.25) is 5.02 Å². The van der Waals surface area contributed by atoms with Crippen LogP contribution in [0.3, 0.4) is 0 Å². The number of carbonyl (C=O) groups is 2. The molecule has 0 radical (unpaired) electrons. The second kappa shape index (κ2) is 13.0. The number of ether oxygens (including phenoxy) is 2. The van der Waals surface area contributed by atoms with Gasteiger partial charge in [0, 0.05) is 17.6 Å². The molecule has 0 bridgehead atoms. The number of benzene rings is 2. The van der Waals surface area contributed by atoms with Gasteiger partial charge in [-0.3, -0.25) is 9.59 Å². The molecule has 2 amide bonds. The van der Waals surface area contributed by atoms with Gasteiger partial charge in [-0.1, -0.05) is 36.7 Å². The van der Waals surface area contributed by atoms with Crippen LogP contribution in [0.5, 0.6) is 11.5 Å². The molecule has 6 nitrogen and oxygen atoms in total. The molecule has 1 aliphatic rings. The van der Waals surface area contributed by atoms with Crippen LogP contribution >= 0.6 is 23.2 Å². The molecule has 0 aliphatic heterocycles. The number of methoxy groups -OCH3 is 2. The third kappa shape index (κ3) is 7.28. The van der Waals surface area contributed by atoms with E-state index in [0.29, 0.717) is 41.0 Å². The molecule has 1 N–H and O–H groups in total. The Kier molecular flexibility index (Phi) is 10.1. The van der Waals surface area contributed by atoms with E-state index in [9.17, 15) is 9.59 Å². The summed E-state index contributed by atoms with van der Waals surface area (Å²) in [4.78, 5) is 28.2. The zero-order chi connectivity index (χ0) is 25.4. The minimum atomic E-state index is -0.807. The number of alkyl halides is 1. The first-order valence-electron chi connectivity index (χ1n) is 12.0. The third-order valence-corrected chi connectivity index (χ3v) is 7.11. The summed E-state index contributed by atoms with van der Waals surface area (Å²) in [6.07, 6.45) is 4.56. The first-order valence-corrected chi connectivity index (χ1v) is 12.9. The number of amides is 2. The van der Waals surface area contributed by atoms with Gasteiger partial charge in [-0.05, 0) is 73.4 Å². The van der Waals surface area contributed by atoms with Crippen molar-refractivity contribution < 1.29 is 19.1 Å². The van der Waals surface area contributed by atoms with Crippen molar-refractivity contribution >= 4 is 35.0 Å². The Labute approximate surface area is 217 Å². The van der Waals surface area contributed by atoms with Crippen LogP contribution in [-0.4, -0.2) is 49.4 Å². The van der Waals surface area contributed by atoms with Crippen LogP contribution < -0.4 is 14.8 Å². The summed E-state index contributed by atoms with van der Waals surface area (Å²) in [6.45, 7) is 2.55. The Bertz CT molecular complexity index is 991. The fourth-order valence-electron chi connectivity index (χ4n) is 4.56. The summed E-state index contributed by atoms with van der Waals surface area (Å²) < 4.78 is 10.7. The van der Waals surface area contributed by atoms with Crippen molar-refractivity contribution in [1.29, 1.82) is 0 Å². The lowest BCUT2D eigenvalue weighted by Gasteiger charge is -2.34. The van der Waals surface area contributed by atoms with Crippen LogP contribution in [-0.2, 0) is 16.0 Å². The highest BCUT2D eigenvalue weighted by Gasteiger charge is 2.32. The number of hydrogen-bond donors (Lipinski definition) is 1. The molecule has 35 heavy (non-hydrogen) atoms. The van der Waals surface area contributed by atoms with Gasteiger partial charge in [0.1, 0.15) is 11.9 Å². The van der Waals surface area contributed by atoms with E-state index in [0.717, 1.165) is 31.2 Å². The van der Waals surface area contributed by atoms with Crippen molar-refractivity contribution in [1.82, 2.24) is 10.2 Å². The molecule has 1 atom stereocenters. The Morgan fingerprint density at radius 2 is 1.69 bits per heavy atom. The fraction of sp³-hybridized carbons (Fsp3) is 0.481. The van der Waals surface area contributed by atoms with E-state index in [1.54, 1.807) is 43.4 Å². The molecule has 8 heteroatoms. The van der Waals surface area contributed by atoms with Crippen LogP contribution in [0.15, 0.2) is 42.5 Å². The first kappa shape index (κ1) is 27.2. The van der Waals surface area contributed by atoms with Gasteiger partial charge < -0.3 is 19.7 Å². The Hall–Kier alpha value is -2.44. The lowest BCUT2D eigenvalue weighted by Crippen LogP contribution is -2.48. The molecule has 1 aliphatic carbocycles. The zero-order valence-electron chi connectivity index (χ0n) is 20.6. The number of hydrogen-bond acceptors (Lipinski definition) is 4. The Balaban J connectivity index is 1.86. The van der Waals surface area contributed by atoms with Crippen molar-refractivity contribution in [3.63, 3.8) is 0 Å². The van der Waals surface area contributed by atoms with Gasteiger partial charge in [0.2, 0.25) is 11.8 Å². The largest absolute Gasteiger partial charge is 0.493 e. The monoisotopic (exact) mass is 520 g/mol. The average Bonchev–Trinajstić information content (AvgIpc) is 2.87. The van der Waals surface area contributed by atoms with E-state index in [2.05, 4.69) is 12.2 Å². The third-order valence-electron chi connectivity index (χ3n) is 6.63. The number of nitrogens with zero attached hydrogens (tertiary/aromatic N) is 1. The molecule has 0 heterocycles. The van der Waals surface area contributed by atoms with Gasteiger partial charge >= 0.3 is 0 Å². The first-order chi connectivity index (χ1) is 16.9. The molecule has 0 spiro atoms. The predicted octanol–water partition coefficient (Wildman–Crippen LogP) is 5.40. The molecule has 2 aromatic rings. The van der Waals surface area contributed by atoms with Crippen molar-refractivity contribution in [3.05, 3.63) is 58.6 Å². The maximum atomic E-state index is 13.6. The van der Waals surface area contributed by atoms with Gasteiger partial charge in [0.05, 0.1) is 14.2 Å². The topological polar surface area (TPSA) is 67.9 Å². The predicted molar refractivity (Wildman–Crippen MR) is 139 cm³/mol. The molecule has 2 aromatic carbocycles. The highest BCUT2D eigenvalue weighted by atomic mass is 35.5. The van der Waals surface area contributed by atoms with Gasteiger partial charge in [-0.25, -0.2) is 0 Å². The number of carbonyl (C=O) groups excluding carboxylic acids is 2. The Morgan fingerprint density at radius 3 is 2.29 bits per heavy atom. The highest BCUT2D eigenvalue weighted by molar-refractivity contribution is 6.30. The van der Waals surface area contributed by atoms with E-state index in [4.69, 9.17) is 32.7 Å². The van der Waals surface area contributed by atoms with Crippen molar-refractivity contribution in [2.75, 3.05) is 26.6 Å². The second-order valence-corrected chi connectivity index (χ2v) is 9.78. The zero-order valence-corrected chi connectivity index (χ0v) is 22.1. The standard InChI is InChI=1S/C27H34Cl2N2O4/c1-18-4-11-22(12-5-18)30-27(33)26(20-7-9-21(29)10-8-20)31(25(32)17-28)15-14-19-6-13-23(34-2)24(16-19)35-3/h6-10,13,16,18,22,26H,4-5,11-12,14-15,17H2,1-3H3,(H,30,33)/t18?,22?,26-/m1/s1. The van der Waals surface area contributed by atoms with Gasteiger partial charge in [0.15, 0.2) is 11.5 Å². The van der Waals surface area contributed by atoms with Crippen LogP contribution in [0.4, 0.5) is 0 Å². The minimum Gasteiger partial charge on any atom is -0.493 e. The molecule has 0 aromatic heterocycles. The molecular weight excluding hydrogens is 487 g/mol. The number of halogens is 2. The number of rotatable bonds is 10. The molecule has 0 saturated heterocycles. The van der Waals surface area contributed by atoms with Crippen LogP contribution in [0.1, 0.15) is 49.8 Å². The minimum absolute atomic E-state index is 0.104. The lowest BCUT2D eigenvalue weighted by atomic mass is 9.87. The maximum absolute atomic E-state index is 13.6. The summed E-state index contributed by atoms with van der Waals surface area (Å²) >= 11 is 12.1. The maximum Gasteiger partial charge on any atom is 0.247 e. The highest BCUT2D eigenvalue weighted by Crippen LogP contribution is 2.30. The molecule has 1 fully saturated rings. The summed E-state index contributed by atoms with van der Waals surface area (Å²) in [5, 5.41) is 3.76. The number of nitrogens with one attached hydrogen (secondary N) is 1. The van der Waals surface area contributed by atoms with Crippen molar-refractivity contribution in [3.8, 4) is 11.5 Å².